The van der Waals surface area contributed by atoms with Crippen LogP contribution in [0.2, 0.25) is 5.15 Å². The zero-order valence-corrected chi connectivity index (χ0v) is 13.2. The third-order valence-corrected chi connectivity index (χ3v) is 4.80. The fourth-order valence-corrected chi connectivity index (χ4v) is 4.13. The monoisotopic (exact) mass is 434 g/mol. The van der Waals surface area contributed by atoms with Gasteiger partial charge in [0.25, 0.3) is 0 Å². The molecule has 0 amide bonds. The van der Waals surface area contributed by atoms with Gasteiger partial charge in [0, 0.05) is 58.4 Å². The number of halogens is 4. The molecule has 0 N–H and O–H groups in total. The van der Waals surface area contributed by atoms with E-state index < -0.39 is 6.67 Å². The highest BCUT2D eigenvalue weighted by molar-refractivity contribution is 14.2. The molecule has 86 valence electrons. The van der Waals surface area contributed by atoms with Crippen molar-refractivity contribution in [1.82, 2.24) is 8.96 Å². The lowest BCUT2D eigenvalue weighted by Crippen LogP contribution is -1.87. The van der Waals surface area contributed by atoms with Gasteiger partial charge in [-0.3, -0.25) is 4.39 Å². The fraction of sp³-hybridized carbons (Fsp3) is 0.222. The molecule has 16 heavy (non-hydrogen) atoms. The van der Waals surface area contributed by atoms with Crippen molar-refractivity contribution in [2.45, 2.75) is 6.42 Å². The second kappa shape index (κ2) is 5.41. The number of hydrogen-bond acceptors (Lipinski definition) is 2. The number of nitrogens with zero attached hydrogens (tertiary/aromatic N) is 2. The summed E-state index contributed by atoms with van der Waals surface area (Å²) >= 11 is 11.7. The minimum absolute atomic E-state index is 0.317. The van der Waals surface area contributed by atoms with Crippen molar-refractivity contribution < 1.29 is 4.39 Å². The average molecular weight is 435 g/mol. The Morgan fingerprint density at radius 2 is 2.38 bits per heavy atom. The molecule has 0 atom stereocenters. The summed E-state index contributed by atoms with van der Waals surface area (Å²) in [6.07, 6.45) is 2.03. The van der Waals surface area contributed by atoms with Crippen LogP contribution < -0.4 is 0 Å². The molecule has 0 aliphatic heterocycles. The molecule has 0 aliphatic carbocycles. The predicted octanol–water partition coefficient (Wildman–Crippen LogP) is 4.81. The van der Waals surface area contributed by atoms with Crippen LogP contribution in [0.4, 0.5) is 4.39 Å². The van der Waals surface area contributed by atoms with E-state index in [9.17, 15) is 4.39 Å². The summed E-state index contributed by atoms with van der Waals surface area (Å²) in [5, 5.41) is 1.46. The Balaban J connectivity index is 2.75. The second-order valence-electron chi connectivity index (χ2n) is 3.10. The number of hydrogen-bond donors (Lipinski definition) is 0. The Hall–Kier alpha value is 0.470. The fourth-order valence-electron chi connectivity index (χ4n) is 1.54. The van der Waals surface area contributed by atoms with Crippen LogP contribution in [0.15, 0.2) is 16.7 Å². The van der Waals surface area contributed by atoms with E-state index in [4.69, 9.17) is 11.6 Å². The molecule has 0 bridgehead atoms. The van der Waals surface area contributed by atoms with Gasteiger partial charge in [0.15, 0.2) is 5.65 Å². The Labute approximate surface area is 122 Å². The van der Waals surface area contributed by atoms with Crippen molar-refractivity contribution in [1.29, 1.82) is 0 Å². The molecule has 2 heterocycles. The highest BCUT2D eigenvalue weighted by Crippen LogP contribution is 2.36. The summed E-state index contributed by atoms with van der Waals surface area (Å²) < 4.78 is 15.2. The number of aryl methyl sites for hydroxylation is 1. The van der Waals surface area contributed by atoms with Gasteiger partial charge in [0.05, 0.1) is 6.67 Å². The van der Waals surface area contributed by atoms with Crippen LogP contribution in [-0.2, 0) is 6.42 Å². The number of alkyl halides is 1. The topological polar surface area (TPSA) is 17.8 Å². The summed E-state index contributed by atoms with van der Waals surface area (Å²) in [6, 6.07) is 1.92. The van der Waals surface area contributed by atoms with Gasteiger partial charge in [-0.2, -0.15) is 0 Å². The lowest BCUT2D eigenvalue weighted by atomic mass is 10.2. The minimum Gasteiger partial charge on any atom is -0.251 e. The molecule has 2 rings (SSSR count). The zero-order valence-electron chi connectivity index (χ0n) is 7.88. The van der Waals surface area contributed by atoms with Crippen molar-refractivity contribution in [3.8, 4) is 0 Å². The van der Waals surface area contributed by atoms with Gasteiger partial charge in [0.2, 0.25) is 0 Å². The van der Waals surface area contributed by atoms with E-state index in [1.54, 1.807) is 10.2 Å². The van der Waals surface area contributed by atoms with Gasteiger partial charge in [-0.1, -0.05) is 11.6 Å². The van der Waals surface area contributed by atoms with Crippen LogP contribution in [0.1, 0.15) is 5.56 Å². The predicted molar refractivity (Wildman–Crippen MR) is 79.1 cm³/mol. The smallest absolute Gasteiger partial charge is 0.152 e. The number of rotatable bonds is 3. The Morgan fingerprint density at radius 3 is 3.00 bits per heavy atom. The van der Waals surface area contributed by atoms with Crippen molar-refractivity contribution in [3.05, 3.63) is 27.5 Å². The number of aromatic nitrogens is 2. The molecule has 0 radical (unpaired) electrons. The molecule has 0 spiro atoms. The zero-order chi connectivity index (χ0) is 11.7. The average Bonchev–Trinajstić information content (AvgIpc) is 2.52. The van der Waals surface area contributed by atoms with Crippen LogP contribution >= 0.6 is 57.9 Å². The summed E-state index contributed by atoms with van der Waals surface area (Å²) in [5.74, 6) is 0. The van der Waals surface area contributed by atoms with Crippen molar-refractivity contribution in [2.75, 3.05) is 6.67 Å². The first-order valence-electron chi connectivity index (χ1n) is 4.38. The molecular weight excluding hydrogens is 429 g/mol. The Bertz CT molecular complexity index is 534. The molecule has 7 heteroatoms. The number of fused-ring (bicyclic) bond motifs is 1. The first-order chi connectivity index (χ1) is 7.69. The van der Waals surface area contributed by atoms with E-state index in [1.165, 1.54) is 9.12 Å². The molecule has 0 aromatic carbocycles. The lowest BCUT2D eigenvalue weighted by molar-refractivity contribution is 0.496. The molecule has 0 aliphatic rings. The standard InChI is InChI=1S/C9H6BrClFIN2S/c10-5-3-7-6(1-2-12)8(11)15(16-13)9(7)14-4-5/h3-4H,1-2H2. The van der Waals surface area contributed by atoms with E-state index in [0.29, 0.717) is 11.6 Å². The molecule has 2 aromatic rings. The Kier molecular flexibility index (Phi) is 4.37. The summed E-state index contributed by atoms with van der Waals surface area (Å²) in [5.41, 5.74) is 1.59. The Morgan fingerprint density at radius 1 is 1.62 bits per heavy atom. The lowest BCUT2D eigenvalue weighted by Gasteiger charge is -1.98. The van der Waals surface area contributed by atoms with Crippen molar-refractivity contribution in [3.63, 3.8) is 0 Å². The molecule has 2 nitrogen and oxygen atoms in total. The van der Waals surface area contributed by atoms with Gasteiger partial charge in [-0.25, -0.2) is 8.96 Å². The quantitative estimate of drug-likeness (QED) is 0.644. The maximum atomic E-state index is 12.5. The van der Waals surface area contributed by atoms with Gasteiger partial charge < -0.3 is 0 Å². The van der Waals surface area contributed by atoms with E-state index in [0.717, 1.165) is 21.1 Å². The summed E-state index contributed by atoms with van der Waals surface area (Å²) in [6.45, 7) is -0.419. The largest absolute Gasteiger partial charge is 0.251 e. The van der Waals surface area contributed by atoms with Crippen LogP contribution in [-0.4, -0.2) is 15.6 Å². The third-order valence-electron chi connectivity index (χ3n) is 2.19. The van der Waals surface area contributed by atoms with Gasteiger partial charge >= 0.3 is 0 Å². The van der Waals surface area contributed by atoms with Gasteiger partial charge in [-0.05, 0) is 22.0 Å². The molecule has 2 aromatic heterocycles. The first-order valence-corrected chi connectivity index (χ1v) is 8.87. The van der Waals surface area contributed by atoms with Gasteiger partial charge in [-0.15, -0.1) is 0 Å². The normalized spacial score (nSPS) is 11.2. The summed E-state index contributed by atoms with van der Waals surface area (Å²) in [7, 11) is 1.43. The molecular formula is C9H6BrClFIN2S. The van der Waals surface area contributed by atoms with Crippen molar-refractivity contribution in [2.24, 2.45) is 0 Å². The van der Waals surface area contributed by atoms with Gasteiger partial charge in [0.1, 0.15) is 5.15 Å². The minimum atomic E-state index is -0.419. The van der Waals surface area contributed by atoms with Crippen LogP contribution in [0.5, 0.6) is 0 Å². The summed E-state index contributed by atoms with van der Waals surface area (Å²) in [4.78, 5) is 4.30. The molecule has 0 fully saturated rings. The van der Waals surface area contributed by atoms with E-state index in [2.05, 4.69) is 42.1 Å². The van der Waals surface area contributed by atoms with Crippen LogP contribution in [0.25, 0.3) is 11.0 Å². The molecule has 0 unspecified atom stereocenters. The van der Waals surface area contributed by atoms with E-state index >= 15 is 0 Å². The second-order valence-corrected chi connectivity index (χ2v) is 6.05. The maximum absolute atomic E-state index is 12.5. The highest BCUT2D eigenvalue weighted by Gasteiger charge is 2.16. The SMILES string of the molecule is FCCc1c(Cl)n(SI)c2ncc(Br)cc12. The molecule has 0 saturated carbocycles. The molecule has 0 saturated heterocycles. The first kappa shape index (κ1) is 12.9. The van der Waals surface area contributed by atoms with Crippen LogP contribution in [0.3, 0.4) is 0 Å². The van der Waals surface area contributed by atoms with Crippen molar-refractivity contribution >= 4 is 68.9 Å². The van der Waals surface area contributed by atoms with Crippen LogP contribution in [0, 0.1) is 0 Å². The maximum Gasteiger partial charge on any atom is 0.152 e. The van der Waals surface area contributed by atoms with E-state index in [1.807, 2.05) is 6.07 Å². The highest BCUT2D eigenvalue weighted by atomic mass is 127. The third kappa shape index (κ3) is 2.21. The van der Waals surface area contributed by atoms with E-state index in [-0.39, 0.29) is 0 Å². The number of pyridine rings is 1.